The van der Waals surface area contributed by atoms with Crippen molar-refractivity contribution < 1.29 is 104 Å². The minimum atomic E-state index is -0.656. The average Bonchev–Trinajstić information content (AvgIpc) is 2.49. The van der Waals surface area contributed by atoms with Gasteiger partial charge in [0, 0.05) is 94.2 Å². The Balaban J connectivity index is -0.0000000804. The summed E-state index contributed by atoms with van der Waals surface area (Å²) < 4.78 is 4.89. The summed E-state index contributed by atoms with van der Waals surface area (Å²) in [6.45, 7) is 8.17. The Labute approximate surface area is 230 Å². The summed E-state index contributed by atoms with van der Waals surface area (Å²) in [6, 6.07) is 0. The van der Waals surface area contributed by atoms with E-state index >= 15 is 0 Å². The molecule has 0 aromatic carbocycles. The van der Waals surface area contributed by atoms with E-state index in [4.69, 9.17) is 10.5 Å². The van der Waals surface area contributed by atoms with Gasteiger partial charge in [-0.05, 0) is 19.8 Å². The molecule has 0 fully saturated rings. The van der Waals surface area contributed by atoms with Gasteiger partial charge in [0.1, 0.15) is 6.10 Å². The SMILES string of the molecule is CC.CCCCCCCCCCCCCCC(C)OC(N)=O.[HH].[V].[V].[V].[V].[V]. The van der Waals surface area contributed by atoms with Crippen molar-refractivity contribution in [2.75, 3.05) is 0 Å². The minimum Gasteiger partial charge on any atom is -0.447 e. The monoisotopic (exact) mass is 572 g/mol. The van der Waals surface area contributed by atoms with Crippen molar-refractivity contribution in [3.8, 4) is 0 Å². The molecule has 0 heterocycles. The van der Waals surface area contributed by atoms with Crippen molar-refractivity contribution in [1.82, 2.24) is 0 Å². The molecule has 3 nitrogen and oxygen atoms in total. The maximum atomic E-state index is 10.5. The van der Waals surface area contributed by atoms with E-state index in [0.717, 1.165) is 12.8 Å². The molecule has 0 aromatic heterocycles. The fraction of sp³-hybridized carbons (Fsp3) is 0.947. The molecule has 161 valence electrons. The summed E-state index contributed by atoms with van der Waals surface area (Å²) in [5, 5.41) is 0. The minimum absolute atomic E-state index is 0. The molecule has 0 aliphatic carbocycles. The zero-order valence-corrected chi connectivity index (χ0v) is 24.9. The van der Waals surface area contributed by atoms with Crippen molar-refractivity contribution >= 4 is 6.09 Å². The third kappa shape index (κ3) is 47.4. The van der Waals surface area contributed by atoms with E-state index in [2.05, 4.69) is 6.92 Å². The fourth-order valence-electron chi connectivity index (χ4n) is 2.53. The summed E-state index contributed by atoms with van der Waals surface area (Å²) in [7, 11) is 0. The predicted octanol–water partition coefficient (Wildman–Crippen LogP) is 6.82. The Kier molecular flexibility index (Phi) is 73.9. The largest absolute Gasteiger partial charge is 0.447 e. The standard InChI is InChI=1S/C17H35NO2.C2H6.5V.H2/c1-3-4-5-6-7-8-9-10-11-12-13-14-15-16(2)20-17(18)19;1-2;;;;;;/h16H,3-15H2,1-2H3,(H2,18,19);1-2H3;;;;;;1H. The van der Waals surface area contributed by atoms with Crippen molar-refractivity contribution in [3.05, 3.63) is 0 Å². The molecule has 0 bridgehead atoms. The Morgan fingerprint density at radius 2 is 1.04 bits per heavy atom. The molecule has 0 saturated heterocycles. The Hall–Kier alpha value is 2.19. The number of carbonyl (C=O) groups excluding carboxylic acids is 1. The van der Waals surface area contributed by atoms with E-state index in [1.165, 1.54) is 70.6 Å². The van der Waals surface area contributed by atoms with E-state index < -0.39 is 6.09 Å². The van der Waals surface area contributed by atoms with Crippen LogP contribution in [0.1, 0.15) is 113 Å². The second-order valence-electron chi connectivity index (χ2n) is 5.93. The molecule has 0 aliphatic heterocycles. The van der Waals surface area contributed by atoms with Gasteiger partial charge in [0.2, 0.25) is 0 Å². The zero-order valence-electron chi connectivity index (χ0n) is 17.9. The van der Waals surface area contributed by atoms with Crippen LogP contribution < -0.4 is 5.73 Å². The maximum absolute atomic E-state index is 10.5. The number of hydrogen-bond acceptors (Lipinski definition) is 2. The topological polar surface area (TPSA) is 52.3 Å². The average molecular weight is 572 g/mol. The molecule has 0 saturated carbocycles. The number of rotatable bonds is 14. The van der Waals surface area contributed by atoms with Crippen LogP contribution in [0.4, 0.5) is 4.79 Å². The van der Waals surface area contributed by atoms with Gasteiger partial charge >= 0.3 is 6.09 Å². The third-order valence-corrected chi connectivity index (χ3v) is 3.78. The first-order chi connectivity index (χ1) is 10.7. The zero-order chi connectivity index (χ0) is 17.1. The Morgan fingerprint density at radius 1 is 0.741 bits per heavy atom. The fourth-order valence-corrected chi connectivity index (χ4v) is 2.53. The third-order valence-electron chi connectivity index (χ3n) is 3.78. The van der Waals surface area contributed by atoms with E-state index in [9.17, 15) is 4.79 Å². The smallest absolute Gasteiger partial charge is 0.404 e. The predicted molar refractivity (Wildman–Crippen MR) is 99.3 cm³/mol. The van der Waals surface area contributed by atoms with Crippen molar-refractivity contribution in [2.45, 2.75) is 117 Å². The number of ether oxygens (including phenoxy) is 1. The van der Waals surface area contributed by atoms with Crippen LogP contribution in [0, 0.1) is 0 Å². The summed E-state index contributed by atoms with van der Waals surface area (Å²) in [6.07, 6.45) is 16.4. The van der Waals surface area contributed by atoms with Crippen LogP contribution in [-0.4, -0.2) is 12.2 Å². The van der Waals surface area contributed by atoms with Gasteiger partial charge in [-0.3, -0.25) is 0 Å². The summed E-state index contributed by atoms with van der Waals surface area (Å²) in [4.78, 5) is 10.5. The van der Waals surface area contributed by atoms with Gasteiger partial charge in [-0.2, -0.15) is 0 Å². The van der Waals surface area contributed by atoms with Crippen LogP contribution in [0.2, 0.25) is 0 Å². The first-order valence-corrected chi connectivity index (χ1v) is 9.63. The van der Waals surface area contributed by atoms with Gasteiger partial charge in [-0.15, -0.1) is 0 Å². The van der Waals surface area contributed by atoms with Crippen LogP contribution in [0.5, 0.6) is 0 Å². The molecule has 27 heavy (non-hydrogen) atoms. The van der Waals surface area contributed by atoms with Crippen LogP contribution in [0.3, 0.4) is 0 Å². The van der Waals surface area contributed by atoms with Crippen LogP contribution in [0.15, 0.2) is 0 Å². The molecule has 1 unspecified atom stereocenters. The van der Waals surface area contributed by atoms with Gasteiger partial charge in [-0.1, -0.05) is 91.4 Å². The first kappa shape index (κ1) is 47.1. The van der Waals surface area contributed by atoms with Gasteiger partial charge in [0.25, 0.3) is 0 Å². The van der Waals surface area contributed by atoms with Crippen LogP contribution in [-0.2, 0) is 97.5 Å². The quantitative estimate of drug-likeness (QED) is 0.233. The van der Waals surface area contributed by atoms with E-state index in [1.54, 1.807) is 0 Å². The molecule has 1 amide bonds. The van der Waals surface area contributed by atoms with Gasteiger partial charge in [0.15, 0.2) is 0 Å². The van der Waals surface area contributed by atoms with Gasteiger partial charge in [-0.25, -0.2) is 4.79 Å². The number of primary amides is 1. The van der Waals surface area contributed by atoms with Crippen molar-refractivity contribution in [3.63, 3.8) is 0 Å². The molecule has 0 spiro atoms. The normalized spacial score (nSPS) is 9.33. The summed E-state index contributed by atoms with van der Waals surface area (Å²) in [5.74, 6) is 0. The molecule has 0 aliphatic rings. The number of nitrogens with two attached hydrogens (primary N) is 1. The van der Waals surface area contributed by atoms with Gasteiger partial charge in [0.05, 0.1) is 0 Å². The van der Waals surface area contributed by atoms with Crippen LogP contribution in [0.25, 0.3) is 0 Å². The summed E-state index contributed by atoms with van der Waals surface area (Å²) in [5.41, 5.74) is 4.97. The molecule has 1 atom stereocenters. The van der Waals surface area contributed by atoms with E-state index in [-0.39, 0.29) is 100 Å². The number of amides is 1. The van der Waals surface area contributed by atoms with E-state index in [0.29, 0.717) is 0 Å². The second-order valence-corrected chi connectivity index (χ2v) is 5.93. The molecule has 5 radical (unpaired) electrons. The number of unbranched alkanes of at least 4 members (excludes halogenated alkanes) is 11. The van der Waals surface area contributed by atoms with Gasteiger partial charge < -0.3 is 10.5 Å². The van der Waals surface area contributed by atoms with Crippen molar-refractivity contribution in [2.24, 2.45) is 5.73 Å². The molecule has 0 aromatic rings. The molecular formula is C19H43NO2V5. The van der Waals surface area contributed by atoms with Crippen molar-refractivity contribution in [1.29, 1.82) is 0 Å². The summed E-state index contributed by atoms with van der Waals surface area (Å²) >= 11 is 0. The first-order valence-electron chi connectivity index (χ1n) is 9.63. The Bertz CT molecular complexity index is 244. The second kappa shape index (κ2) is 42.3. The number of hydrogen-bond donors (Lipinski definition) is 1. The number of carbonyl (C=O) groups is 1. The molecule has 2 N–H and O–H groups in total. The molecule has 0 rings (SSSR count). The van der Waals surface area contributed by atoms with E-state index in [1.807, 2.05) is 20.8 Å². The molecule has 8 heteroatoms. The maximum Gasteiger partial charge on any atom is 0.404 e. The molecular weight excluding hydrogens is 529 g/mol. The Morgan fingerprint density at radius 3 is 1.33 bits per heavy atom. The van der Waals surface area contributed by atoms with Crippen LogP contribution >= 0.6 is 0 Å².